The third-order valence-corrected chi connectivity index (χ3v) is 5.32. The third kappa shape index (κ3) is 3.52. The van der Waals surface area contributed by atoms with Crippen LogP contribution in [0, 0.1) is 6.92 Å². The molecule has 6 nitrogen and oxygen atoms in total. The highest BCUT2D eigenvalue weighted by Gasteiger charge is 2.38. The number of hydrogen-bond donors (Lipinski definition) is 1. The lowest BCUT2D eigenvalue weighted by Gasteiger charge is -2.34. The van der Waals surface area contributed by atoms with Gasteiger partial charge in [0.25, 0.3) is 0 Å². The molecule has 3 rings (SSSR count). The fourth-order valence-corrected chi connectivity index (χ4v) is 3.75. The van der Waals surface area contributed by atoms with E-state index in [1.54, 1.807) is 13.8 Å². The summed E-state index contributed by atoms with van der Waals surface area (Å²) >= 11 is 4.86. The predicted molar refractivity (Wildman–Crippen MR) is 104 cm³/mol. The van der Waals surface area contributed by atoms with Gasteiger partial charge in [-0.3, -0.25) is 4.90 Å². The topological polar surface area (TPSA) is 71.5 Å². The van der Waals surface area contributed by atoms with Crippen LogP contribution >= 0.6 is 27.3 Å². The second-order valence-corrected chi connectivity index (χ2v) is 7.68. The molecule has 2 heterocycles. The van der Waals surface area contributed by atoms with Crippen LogP contribution in [0.5, 0.6) is 0 Å². The van der Waals surface area contributed by atoms with E-state index >= 15 is 0 Å². The minimum Gasteiger partial charge on any atom is -0.463 e. The van der Waals surface area contributed by atoms with E-state index in [2.05, 4.69) is 26.2 Å². The van der Waals surface area contributed by atoms with Crippen LogP contribution in [0.2, 0.25) is 0 Å². The van der Waals surface area contributed by atoms with Crippen LogP contribution in [0.1, 0.15) is 30.6 Å². The second-order valence-electron chi connectivity index (χ2n) is 5.71. The van der Waals surface area contributed by atoms with Gasteiger partial charge in [-0.25, -0.2) is 14.6 Å². The van der Waals surface area contributed by atoms with Crippen molar-refractivity contribution in [3.63, 3.8) is 0 Å². The minimum atomic E-state index is -0.627. The number of nitrogens with zero attached hydrogens (tertiary/aromatic N) is 2. The first-order valence-electron chi connectivity index (χ1n) is 8.08. The summed E-state index contributed by atoms with van der Waals surface area (Å²) in [6, 6.07) is 6.37. The van der Waals surface area contributed by atoms with Gasteiger partial charge in [0.1, 0.15) is 6.04 Å². The Bertz CT molecular complexity index is 876. The van der Waals surface area contributed by atoms with Crippen molar-refractivity contribution in [3.8, 4) is 0 Å². The number of aromatic nitrogens is 1. The maximum atomic E-state index is 12.8. The smallest absolute Gasteiger partial charge is 0.338 e. The summed E-state index contributed by atoms with van der Waals surface area (Å²) in [4.78, 5) is 31.4. The molecule has 8 heteroatoms. The summed E-state index contributed by atoms with van der Waals surface area (Å²) in [5, 5.41) is 5.61. The number of anilines is 1. The van der Waals surface area contributed by atoms with Gasteiger partial charge in [-0.15, -0.1) is 11.3 Å². The molecule has 0 saturated carbocycles. The maximum Gasteiger partial charge on any atom is 0.338 e. The minimum absolute atomic E-state index is 0.255. The van der Waals surface area contributed by atoms with Gasteiger partial charge in [-0.05, 0) is 45.0 Å². The molecule has 136 valence electrons. The number of ether oxygens (including phenoxy) is 1. The number of benzene rings is 1. The lowest BCUT2D eigenvalue weighted by Crippen LogP contribution is -2.48. The molecule has 1 atom stereocenters. The quantitative estimate of drug-likeness (QED) is 0.725. The van der Waals surface area contributed by atoms with Gasteiger partial charge < -0.3 is 10.1 Å². The molecule has 1 N–H and O–H groups in total. The van der Waals surface area contributed by atoms with E-state index in [4.69, 9.17) is 4.74 Å². The molecule has 1 aromatic carbocycles. The summed E-state index contributed by atoms with van der Waals surface area (Å²) in [7, 11) is 0. The Balaban J connectivity index is 2.11. The van der Waals surface area contributed by atoms with Crippen molar-refractivity contribution in [2.75, 3.05) is 11.5 Å². The van der Waals surface area contributed by atoms with Crippen LogP contribution in [-0.4, -0.2) is 23.6 Å². The molecule has 2 amide bonds. The Morgan fingerprint density at radius 1 is 1.35 bits per heavy atom. The van der Waals surface area contributed by atoms with Gasteiger partial charge in [0.2, 0.25) is 0 Å². The van der Waals surface area contributed by atoms with E-state index in [0.29, 0.717) is 22.7 Å². The molecular formula is C18H18BrN3O3S. The Hall–Kier alpha value is -2.19. The molecule has 1 aromatic heterocycles. The molecule has 0 bridgehead atoms. The molecule has 0 fully saturated rings. The van der Waals surface area contributed by atoms with Gasteiger partial charge >= 0.3 is 12.0 Å². The first-order chi connectivity index (χ1) is 12.4. The summed E-state index contributed by atoms with van der Waals surface area (Å²) in [5.74, 6) is -0.456. The van der Waals surface area contributed by atoms with Gasteiger partial charge in [0.15, 0.2) is 0 Å². The van der Waals surface area contributed by atoms with Gasteiger partial charge in [-0.1, -0.05) is 15.9 Å². The van der Waals surface area contributed by atoms with Gasteiger partial charge in [-0.2, -0.15) is 0 Å². The van der Waals surface area contributed by atoms with Crippen molar-refractivity contribution in [3.05, 3.63) is 56.1 Å². The van der Waals surface area contributed by atoms with Crippen LogP contribution < -0.4 is 10.2 Å². The zero-order chi connectivity index (χ0) is 18.8. The number of halogens is 1. The number of thiazole rings is 1. The van der Waals surface area contributed by atoms with Crippen molar-refractivity contribution < 1.29 is 14.3 Å². The highest BCUT2D eigenvalue weighted by molar-refractivity contribution is 9.10. The largest absolute Gasteiger partial charge is 0.463 e. The number of nitrogens with one attached hydrogen (secondary N) is 1. The fraction of sp³-hybridized carbons (Fsp3) is 0.278. The molecule has 0 aliphatic carbocycles. The summed E-state index contributed by atoms with van der Waals surface area (Å²) in [6.07, 6.45) is 0. The van der Waals surface area contributed by atoms with E-state index in [9.17, 15) is 9.59 Å². The van der Waals surface area contributed by atoms with E-state index in [1.165, 1.54) is 16.2 Å². The Morgan fingerprint density at radius 2 is 2.04 bits per heavy atom. The van der Waals surface area contributed by atoms with Crippen molar-refractivity contribution >= 4 is 45.0 Å². The highest BCUT2D eigenvalue weighted by Crippen LogP contribution is 2.34. The zero-order valence-corrected chi connectivity index (χ0v) is 17.0. The zero-order valence-electron chi connectivity index (χ0n) is 14.6. The first-order valence-corrected chi connectivity index (χ1v) is 9.75. The standard InChI is InChI=1S/C18H18BrN3O3S/c1-4-25-17(23)15-10(2)22(13-7-5-12(19)6-8-13)18(24)21-16(15)14-9-26-11(3)20-14/h5-9,16H,4H2,1-3H3,(H,21,24). The average Bonchev–Trinajstić information content (AvgIpc) is 3.02. The number of carbonyl (C=O) groups is 2. The van der Waals surface area contributed by atoms with E-state index in [1.807, 2.05) is 36.6 Å². The predicted octanol–water partition coefficient (Wildman–Crippen LogP) is 4.32. The maximum absolute atomic E-state index is 12.8. The Labute approximate surface area is 164 Å². The van der Waals surface area contributed by atoms with Crippen molar-refractivity contribution in [1.29, 1.82) is 0 Å². The summed E-state index contributed by atoms with van der Waals surface area (Å²) in [6.45, 7) is 5.64. The normalized spacial score (nSPS) is 17.3. The lowest BCUT2D eigenvalue weighted by molar-refractivity contribution is -0.139. The third-order valence-electron chi connectivity index (χ3n) is 4.00. The Morgan fingerprint density at radius 3 is 2.62 bits per heavy atom. The number of amides is 2. The van der Waals surface area contributed by atoms with E-state index in [0.717, 1.165) is 9.48 Å². The number of hydrogen-bond acceptors (Lipinski definition) is 5. The fourth-order valence-electron chi connectivity index (χ4n) is 2.85. The lowest BCUT2D eigenvalue weighted by atomic mass is 9.99. The van der Waals surface area contributed by atoms with Crippen molar-refractivity contribution in [2.24, 2.45) is 0 Å². The van der Waals surface area contributed by atoms with Crippen LogP contribution in [0.25, 0.3) is 0 Å². The van der Waals surface area contributed by atoms with Crippen molar-refractivity contribution in [1.82, 2.24) is 10.3 Å². The van der Waals surface area contributed by atoms with E-state index < -0.39 is 12.0 Å². The molecule has 0 radical (unpaired) electrons. The Kier molecular flexibility index (Phi) is 5.43. The molecule has 1 unspecified atom stereocenters. The molecule has 1 aliphatic rings. The van der Waals surface area contributed by atoms with Crippen LogP contribution in [0.15, 0.2) is 45.4 Å². The van der Waals surface area contributed by atoms with E-state index in [-0.39, 0.29) is 12.6 Å². The van der Waals surface area contributed by atoms with Gasteiger partial charge in [0, 0.05) is 15.5 Å². The van der Waals surface area contributed by atoms with Crippen LogP contribution in [0.4, 0.5) is 10.5 Å². The number of carbonyl (C=O) groups excluding carboxylic acids is 2. The second kappa shape index (κ2) is 7.59. The number of aryl methyl sites for hydroxylation is 1. The molecule has 0 saturated heterocycles. The monoisotopic (exact) mass is 435 g/mol. The molecule has 2 aromatic rings. The average molecular weight is 436 g/mol. The molecular weight excluding hydrogens is 418 g/mol. The van der Waals surface area contributed by atoms with Crippen molar-refractivity contribution in [2.45, 2.75) is 26.8 Å². The molecule has 1 aliphatic heterocycles. The number of rotatable bonds is 4. The SMILES string of the molecule is CCOC(=O)C1=C(C)N(c2ccc(Br)cc2)C(=O)NC1c1csc(C)n1. The highest BCUT2D eigenvalue weighted by atomic mass is 79.9. The number of esters is 1. The summed E-state index contributed by atoms with van der Waals surface area (Å²) < 4.78 is 6.15. The van der Waals surface area contributed by atoms with Crippen LogP contribution in [0.3, 0.4) is 0 Å². The molecule has 26 heavy (non-hydrogen) atoms. The first kappa shape index (κ1) is 18.6. The molecule has 0 spiro atoms. The van der Waals surface area contributed by atoms with Crippen LogP contribution in [-0.2, 0) is 9.53 Å². The van der Waals surface area contributed by atoms with Gasteiger partial charge in [0.05, 0.1) is 28.6 Å². The summed E-state index contributed by atoms with van der Waals surface area (Å²) in [5.41, 5.74) is 2.22. The number of allylic oxidation sites excluding steroid dienone is 1. The number of urea groups is 1.